The number of hydrogen-bond donors (Lipinski definition) is 0. The quantitative estimate of drug-likeness (QED) is 0.677. The molecule has 0 saturated carbocycles. The topological polar surface area (TPSA) is 18.5 Å². The van der Waals surface area contributed by atoms with Crippen LogP contribution in [0, 0.1) is 0 Å². The van der Waals surface area contributed by atoms with Crippen LogP contribution in [-0.2, 0) is 9.47 Å². The zero-order valence-corrected chi connectivity index (χ0v) is 13.4. The molecule has 0 unspecified atom stereocenters. The molecule has 0 amide bonds. The van der Waals surface area contributed by atoms with E-state index >= 15 is 0 Å². The molecule has 2 aromatic rings. The number of rotatable bonds is 6. The van der Waals surface area contributed by atoms with Crippen LogP contribution in [-0.4, -0.2) is 13.2 Å². The van der Waals surface area contributed by atoms with Crippen LogP contribution in [0.2, 0.25) is 0 Å². The number of benzene rings is 2. The average molecular weight is 335 g/mol. The second-order valence-electron chi connectivity index (χ2n) is 4.32. The second kappa shape index (κ2) is 7.58. The molecule has 0 aliphatic carbocycles. The normalized spacial score (nSPS) is 11.0. The van der Waals surface area contributed by atoms with E-state index in [0.717, 1.165) is 15.6 Å². The van der Waals surface area contributed by atoms with Gasteiger partial charge < -0.3 is 9.47 Å². The highest BCUT2D eigenvalue weighted by Crippen LogP contribution is 2.35. The highest BCUT2D eigenvalue weighted by atomic mass is 79.9. The van der Waals surface area contributed by atoms with Gasteiger partial charge in [-0.3, -0.25) is 0 Å². The molecule has 0 aliphatic heterocycles. The first-order chi connectivity index (χ1) is 9.77. The van der Waals surface area contributed by atoms with E-state index in [0.29, 0.717) is 13.2 Å². The minimum absolute atomic E-state index is 0.331. The first-order valence-corrected chi connectivity index (χ1v) is 7.64. The Morgan fingerprint density at radius 2 is 1.55 bits per heavy atom. The van der Waals surface area contributed by atoms with E-state index in [2.05, 4.69) is 34.1 Å². The summed E-state index contributed by atoms with van der Waals surface area (Å²) in [7, 11) is 0. The highest BCUT2D eigenvalue weighted by Gasteiger charge is 2.17. The molecule has 106 valence electrons. The first-order valence-electron chi connectivity index (χ1n) is 6.85. The molecule has 0 heterocycles. The molecule has 2 rings (SSSR count). The fourth-order valence-electron chi connectivity index (χ4n) is 2.10. The maximum Gasteiger partial charge on any atom is 0.184 e. The minimum atomic E-state index is -0.331. The fraction of sp³-hybridized carbons (Fsp3) is 0.294. The number of hydrogen-bond acceptors (Lipinski definition) is 2. The Bertz CT molecular complexity index is 534. The molecule has 2 aromatic carbocycles. The summed E-state index contributed by atoms with van der Waals surface area (Å²) in [6, 6.07) is 16.5. The third kappa shape index (κ3) is 3.48. The largest absolute Gasteiger partial charge is 0.349 e. The highest BCUT2D eigenvalue weighted by molar-refractivity contribution is 9.10. The van der Waals surface area contributed by atoms with Gasteiger partial charge in [-0.25, -0.2) is 0 Å². The van der Waals surface area contributed by atoms with Gasteiger partial charge in [0.1, 0.15) is 0 Å². The number of ether oxygens (including phenoxy) is 2. The van der Waals surface area contributed by atoms with Crippen LogP contribution in [0.25, 0.3) is 11.1 Å². The summed E-state index contributed by atoms with van der Waals surface area (Å²) in [5.41, 5.74) is 3.34. The van der Waals surface area contributed by atoms with Crippen LogP contribution >= 0.6 is 15.9 Å². The van der Waals surface area contributed by atoms with Crippen molar-refractivity contribution in [2.75, 3.05) is 13.2 Å². The van der Waals surface area contributed by atoms with Crippen molar-refractivity contribution in [2.24, 2.45) is 0 Å². The van der Waals surface area contributed by atoms with Gasteiger partial charge >= 0.3 is 0 Å². The molecule has 0 N–H and O–H groups in total. The summed E-state index contributed by atoms with van der Waals surface area (Å²) in [5.74, 6) is 0. The van der Waals surface area contributed by atoms with Crippen LogP contribution in [0.1, 0.15) is 25.7 Å². The molecule has 0 radical (unpaired) electrons. The third-order valence-electron chi connectivity index (χ3n) is 3.00. The third-order valence-corrected chi connectivity index (χ3v) is 3.89. The van der Waals surface area contributed by atoms with Crippen LogP contribution in [0.3, 0.4) is 0 Å². The Morgan fingerprint density at radius 3 is 2.15 bits per heavy atom. The molecule has 0 atom stereocenters. The Balaban J connectivity index is 2.40. The molecule has 0 saturated heterocycles. The Hall–Kier alpha value is -1.16. The van der Waals surface area contributed by atoms with E-state index in [1.54, 1.807) is 0 Å². The summed E-state index contributed by atoms with van der Waals surface area (Å²) in [6.45, 7) is 5.18. The molecule has 0 bridgehead atoms. The lowest BCUT2D eigenvalue weighted by Gasteiger charge is -2.20. The van der Waals surface area contributed by atoms with Crippen molar-refractivity contribution in [3.63, 3.8) is 0 Å². The molecule has 0 fully saturated rings. The standard InChI is InChI=1S/C17H19BrO2/c1-3-19-17(20-4-2)15-12-8-11-14(16(15)18)13-9-6-5-7-10-13/h5-12,17H,3-4H2,1-2H3. The minimum Gasteiger partial charge on any atom is -0.349 e. The van der Waals surface area contributed by atoms with Gasteiger partial charge in [0.25, 0.3) is 0 Å². The molecule has 0 spiro atoms. The zero-order chi connectivity index (χ0) is 14.4. The predicted octanol–water partition coefficient (Wildman–Crippen LogP) is 5.19. The van der Waals surface area contributed by atoms with Crippen LogP contribution < -0.4 is 0 Å². The number of halogens is 1. The molecule has 3 heteroatoms. The molecule has 20 heavy (non-hydrogen) atoms. The summed E-state index contributed by atoms with van der Waals surface area (Å²) >= 11 is 3.70. The van der Waals surface area contributed by atoms with Crippen molar-refractivity contribution < 1.29 is 9.47 Å². The van der Waals surface area contributed by atoms with Gasteiger partial charge in [0.2, 0.25) is 0 Å². The van der Waals surface area contributed by atoms with Crippen LogP contribution in [0.4, 0.5) is 0 Å². The maximum absolute atomic E-state index is 5.69. The van der Waals surface area contributed by atoms with E-state index in [9.17, 15) is 0 Å². The molecule has 2 nitrogen and oxygen atoms in total. The lowest BCUT2D eigenvalue weighted by molar-refractivity contribution is -0.140. The summed E-state index contributed by atoms with van der Waals surface area (Å²) in [6.07, 6.45) is -0.331. The van der Waals surface area contributed by atoms with Crippen molar-refractivity contribution in [3.05, 3.63) is 58.6 Å². The van der Waals surface area contributed by atoms with Gasteiger partial charge in [0, 0.05) is 23.2 Å². The summed E-state index contributed by atoms with van der Waals surface area (Å²) in [4.78, 5) is 0. The molecule has 0 aromatic heterocycles. The van der Waals surface area contributed by atoms with Gasteiger partial charge in [-0.1, -0.05) is 48.5 Å². The summed E-state index contributed by atoms with van der Waals surface area (Å²) in [5, 5.41) is 0. The molecule has 0 aliphatic rings. The maximum atomic E-state index is 5.69. The van der Waals surface area contributed by atoms with Crippen molar-refractivity contribution in [1.29, 1.82) is 0 Å². The van der Waals surface area contributed by atoms with Gasteiger partial charge in [-0.05, 0) is 40.9 Å². The van der Waals surface area contributed by atoms with Crippen LogP contribution in [0.5, 0.6) is 0 Å². The van der Waals surface area contributed by atoms with E-state index in [4.69, 9.17) is 9.47 Å². The smallest absolute Gasteiger partial charge is 0.184 e. The Morgan fingerprint density at radius 1 is 0.900 bits per heavy atom. The van der Waals surface area contributed by atoms with E-state index in [1.165, 1.54) is 5.56 Å². The van der Waals surface area contributed by atoms with Gasteiger partial charge in [0.05, 0.1) is 0 Å². The molecular weight excluding hydrogens is 316 g/mol. The van der Waals surface area contributed by atoms with Gasteiger partial charge in [-0.2, -0.15) is 0 Å². The lowest BCUT2D eigenvalue weighted by Crippen LogP contribution is -2.09. The average Bonchev–Trinajstić information content (AvgIpc) is 2.48. The fourth-order valence-corrected chi connectivity index (χ4v) is 2.78. The van der Waals surface area contributed by atoms with E-state index < -0.39 is 0 Å². The lowest BCUT2D eigenvalue weighted by atomic mass is 10.0. The monoisotopic (exact) mass is 334 g/mol. The Kier molecular flexibility index (Phi) is 5.77. The van der Waals surface area contributed by atoms with Crippen molar-refractivity contribution in [1.82, 2.24) is 0 Å². The van der Waals surface area contributed by atoms with E-state index in [-0.39, 0.29) is 6.29 Å². The van der Waals surface area contributed by atoms with Crippen molar-refractivity contribution in [2.45, 2.75) is 20.1 Å². The SMILES string of the molecule is CCOC(OCC)c1cccc(-c2ccccc2)c1Br. The predicted molar refractivity (Wildman–Crippen MR) is 85.6 cm³/mol. The van der Waals surface area contributed by atoms with Crippen molar-refractivity contribution >= 4 is 15.9 Å². The van der Waals surface area contributed by atoms with Gasteiger partial charge in [-0.15, -0.1) is 0 Å². The molecular formula is C17H19BrO2. The zero-order valence-electron chi connectivity index (χ0n) is 11.8. The van der Waals surface area contributed by atoms with Gasteiger partial charge in [0.15, 0.2) is 6.29 Å². The van der Waals surface area contributed by atoms with E-state index in [1.807, 2.05) is 44.2 Å². The van der Waals surface area contributed by atoms with Crippen LogP contribution in [0.15, 0.2) is 53.0 Å². The summed E-state index contributed by atoms with van der Waals surface area (Å²) < 4.78 is 12.4. The first kappa shape index (κ1) is 15.2. The second-order valence-corrected chi connectivity index (χ2v) is 5.11. The Labute approximate surface area is 128 Å². The van der Waals surface area contributed by atoms with Crippen molar-refractivity contribution in [3.8, 4) is 11.1 Å².